The van der Waals surface area contributed by atoms with E-state index in [2.05, 4.69) is 21.2 Å². The van der Waals surface area contributed by atoms with Crippen molar-refractivity contribution >= 4 is 27.9 Å². The van der Waals surface area contributed by atoms with Gasteiger partial charge < -0.3 is 19.5 Å². The molecule has 0 unspecified atom stereocenters. The number of methoxy groups -OCH3 is 3. The van der Waals surface area contributed by atoms with Gasteiger partial charge in [0.2, 0.25) is 5.91 Å². The number of carbonyl (C=O) groups is 1. The third kappa shape index (κ3) is 5.02. The summed E-state index contributed by atoms with van der Waals surface area (Å²) in [5, 5.41) is 2.94. The van der Waals surface area contributed by atoms with Crippen LogP contribution in [0.5, 0.6) is 17.2 Å². The smallest absolute Gasteiger partial charge is 0.244 e. The number of ether oxygens (including phenoxy) is 3. The van der Waals surface area contributed by atoms with Crippen molar-refractivity contribution in [2.24, 2.45) is 0 Å². The minimum Gasteiger partial charge on any atom is -0.496 e. The highest BCUT2D eigenvalue weighted by Gasteiger charge is 2.11. The van der Waals surface area contributed by atoms with Gasteiger partial charge in [0.15, 0.2) is 11.5 Å². The molecule has 2 aromatic carbocycles. The van der Waals surface area contributed by atoms with Gasteiger partial charge in [0.25, 0.3) is 0 Å². The Bertz CT molecular complexity index is 787. The maximum atomic E-state index is 12.2. The third-order valence-corrected chi connectivity index (χ3v) is 4.41. The Morgan fingerprint density at radius 2 is 1.58 bits per heavy atom. The molecule has 0 fully saturated rings. The highest BCUT2D eigenvalue weighted by atomic mass is 79.9. The number of carbonyl (C=O) groups excluding carboxylic acids is 1. The van der Waals surface area contributed by atoms with Crippen molar-refractivity contribution in [3.8, 4) is 17.2 Å². The largest absolute Gasteiger partial charge is 0.496 e. The molecule has 6 heteroatoms. The maximum absolute atomic E-state index is 12.2. The lowest BCUT2D eigenvalue weighted by Crippen LogP contribution is -2.24. The average molecular weight is 420 g/mol. The van der Waals surface area contributed by atoms with Crippen molar-refractivity contribution in [2.75, 3.05) is 21.3 Å². The molecule has 0 aromatic heterocycles. The molecule has 0 radical (unpaired) electrons. The predicted molar refractivity (Wildman–Crippen MR) is 106 cm³/mol. The first-order valence-corrected chi connectivity index (χ1v) is 8.81. The molecule has 0 saturated carbocycles. The minimum atomic E-state index is -0.197. The van der Waals surface area contributed by atoms with E-state index >= 15 is 0 Å². The molecule has 0 aliphatic carbocycles. The van der Waals surface area contributed by atoms with Crippen LogP contribution in [0.3, 0.4) is 0 Å². The Morgan fingerprint density at radius 1 is 1.00 bits per heavy atom. The summed E-state index contributed by atoms with van der Waals surface area (Å²) in [7, 11) is 4.68. The van der Waals surface area contributed by atoms with Gasteiger partial charge >= 0.3 is 0 Å². The summed E-state index contributed by atoms with van der Waals surface area (Å²) in [5.41, 5.74) is 1.75. The van der Waals surface area contributed by atoms with Gasteiger partial charge in [-0.25, -0.2) is 0 Å². The van der Waals surface area contributed by atoms with Crippen LogP contribution in [0.4, 0.5) is 0 Å². The van der Waals surface area contributed by atoms with Crippen LogP contribution in [0.25, 0.3) is 6.08 Å². The highest BCUT2D eigenvalue weighted by molar-refractivity contribution is 9.10. The minimum absolute atomic E-state index is 0.104. The Morgan fingerprint density at radius 3 is 2.15 bits per heavy atom. The quantitative estimate of drug-likeness (QED) is 0.677. The molecule has 0 bridgehead atoms. The van der Waals surface area contributed by atoms with E-state index in [1.807, 2.05) is 31.2 Å². The number of nitrogens with one attached hydrogen (secondary N) is 1. The summed E-state index contributed by atoms with van der Waals surface area (Å²) in [4.78, 5) is 12.2. The fraction of sp³-hybridized carbons (Fsp3) is 0.250. The second kappa shape index (κ2) is 9.29. The summed E-state index contributed by atoms with van der Waals surface area (Å²) in [6.45, 7) is 1.94. The lowest BCUT2D eigenvalue weighted by molar-refractivity contribution is -0.117. The van der Waals surface area contributed by atoms with E-state index < -0.39 is 0 Å². The Hall–Kier alpha value is -2.47. The van der Waals surface area contributed by atoms with Crippen LogP contribution in [0.2, 0.25) is 0 Å². The van der Waals surface area contributed by atoms with E-state index in [4.69, 9.17) is 14.2 Å². The summed E-state index contributed by atoms with van der Waals surface area (Å²) < 4.78 is 16.9. The van der Waals surface area contributed by atoms with E-state index in [1.165, 1.54) is 6.08 Å². The molecule has 0 aliphatic rings. The molecular formula is C20H22BrNO4. The maximum Gasteiger partial charge on any atom is 0.244 e. The topological polar surface area (TPSA) is 56.8 Å². The number of halogens is 1. The van der Waals surface area contributed by atoms with Crippen molar-refractivity contribution in [3.63, 3.8) is 0 Å². The standard InChI is InChI=1S/C20H22BrNO4/c1-13(14-5-8-16(21)9-6-14)22-20(23)10-7-15-11-18(25-3)19(26-4)12-17(15)24-2/h5-13H,1-4H3,(H,22,23)/b10-7+/t13-/m1/s1. The van der Waals surface area contributed by atoms with E-state index in [0.29, 0.717) is 17.2 Å². The number of amides is 1. The van der Waals surface area contributed by atoms with Gasteiger partial charge in [0.1, 0.15) is 5.75 Å². The van der Waals surface area contributed by atoms with Gasteiger partial charge in [-0.05, 0) is 36.8 Å². The molecular weight excluding hydrogens is 398 g/mol. The van der Waals surface area contributed by atoms with Gasteiger partial charge in [-0.15, -0.1) is 0 Å². The van der Waals surface area contributed by atoms with Crippen molar-refractivity contribution in [2.45, 2.75) is 13.0 Å². The second-order valence-corrected chi connectivity index (χ2v) is 6.48. The molecule has 26 heavy (non-hydrogen) atoms. The lowest BCUT2D eigenvalue weighted by Gasteiger charge is -2.13. The molecule has 0 aliphatic heterocycles. The monoisotopic (exact) mass is 419 g/mol. The van der Waals surface area contributed by atoms with Crippen LogP contribution in [0.1, 0.15) is 24.1 Å². The van der Waals surface area contributed by atoms with Gasteiger partial charge in [-0.1, -0.05) is 28.1 Å². The predicted octanol–water partition coefficient (Wildman–Crippen LogP) is 4.37. The molecule has 5 nitrogen and oxygen atoms in total. The first-order valence-electron chi connectivity index (χ1n) is 8.02. The van der Waals surface area contributed by atoms with Crippen LogP contribution in [-0.2, 0) is 4.79 Å². The Kier molecular flexibility index (Phi) is 7.09. The van der Waals surface area contributed by atoms with E-state index in [-0.39, 0.29) is 11.9 Å². The van der Waals surface area contributed by atoms with Crippen LogP contribution in [0, 0.1) is 0 Å². The van der Waals surface area contributed by atoms with Gasteiger partial charge in [-0.3, -0.25) is 4.79 Å². The molecule has 0 heterocycles. The van der Waals surface area contributed by atoms with E-state index in [9.17, 15) is 4.79 Å². The molecule has 2 aromatic rings. The highest BCUT2D eigenvalue weighted by Crippen LogP contribution is 2.35. The zero-order chi connectivity index (χ0) is 19.1. The van der Waals surface area contributed by atoms with Gasteiger partial charge in [-0.2, -0.15) is 0 Å². The lowest BCUT2D eigenvalue weighted by atomic mass is 10.1. The summed E-state index contributed by atoms with van der Waals surface area (Å²) >= 11 is 3.40. The third-order valence-electron chi connectivity index (χ3n) is 3.88. The molecule has 0 saturated heterocycles. The normalized spacial score (nSPS) is 11.9. The van der Waals surface area contributed by atoms with Crippen LogP contribution in [-0.4, -0.2) is 27.2 Å². The van der Waals surface area contributed by atoms with Gasteiger partial charge in [0.05, 0.1) is 27.4 Å². The van der Waals surface area contributed by atoms with Crippen molar-refractivity contribution in [3.05, 3.63) is 58.1 Å². The van der Waals surface area contributed by atoms with Crippen LogP contribution < -0.4 is 19.5 Å². The van der Waals surface area contributed by atoms with Crippen molar-refractivity contribution < 1.29 is 19.0 Å². The van der Waals surface area contributed by atoms with Crippen LogP contribution in [0.15, 0.2) is 46.9 Å². The van der Waals surface area contributed by atoms with Crippen molar-refractivity contribution in [1.82, 2.24) is 5.32 Å². The summed E-state index contributed by atoms with van der Waals surface area (Å²) in [6, 6.07) is 11.2. The molecule has 138 valence electrons. The number of hydrogen-bond donors (Lipinski definition) is 1. The Labute approximate surface area is 162 Å². The summed E-state index contributed by atoms with van der Waals surface area (Å²) in [5.74, 6) is 1.52. The van der Waals surface area contributed by atoms with Crippen molar-refractivity contribution in [1.29, 1.82) is 0 Å². The second-order valence-electron chi connectivity index (χ2n) is 5.56. The van der Waals surface area contributed by atoms with E-state index in [1.54, 1.807) is 39.5 Å². The average Bonchev–Trinajstić information content (AvgIpc) is 2.65. The number of hydrogen-bond acceptors (Lipinski definition) is 4. The number of benzene rings is 2. The van der Waals surface area contributed by atoms with E-state index in [0.717, 1.165) is 15.6 Å². The first-order chi connectivity index (χ1) is 12.5. The number of rotatable bonds is 7. The zero-order valence-corrected chi connectivity index (χ0v) is 16.8. The molecule has 0 spiro atoms. The Balaban J connectivity index is 2.13. The zero-order valence-electron chi connectivity index (χ0n) is 15.2. The molecule has 1 atom stereocenters. The molecule has 1 N–H and O–H groups in total. The van der Waals surface area contributed by atoms with Gasteiger partial charge in [0, 0.05) is 22.2 Å². The molecule has 1 amide bonds. The van der Waals surface area contributed by atoms with Crippen LogP contribution >= 0.6 is 15.9 Å². The fourth-order valence-electron chi connectivity index (χ4n) is 2.44. The summed E-state index contributed by atoms with van der Waals surface area (Å²) in [6.07, 6.45) is 3.16. The fourth-order valence-corrected chi connectivity index (χ4v) is 2.71. The first kappa shape index (κ1) is 19.8. The molecule has 2 rings (SSSR count). The SMILES string of the molecule is COc1cc(OC)c(OC)cc1/C=C/C(=O)N[C@H](C)c1ccc(Br)cc1.